The molecule has 24 heavy (non-hydrogen) atoms. The van der Waals surface area contributed by atoms with Crippen LogP contribution in [-0.2, 0) is 6.42 Å². The number of likely N-dealkylation sites (tertiary alicyclic amines) is 1. The fourth-order valence-electron chi connectivity index (χ4n) is 4.74. The second-order valence-corrected chi connectivity index (χ2v) is 7.64. The van der Waals surface area contributed by atoms with Crippen molar-refractivity contribution in [3.63, 3.8) is 0 Å². The van der Waals surface area contributed by atoms with Gasteiger partial charge in [-0.15, -0.1) is 0 Å². The van der Waals surface area contributed by atoms with Crippen molar-refractivity contribution < 1.29 is 14.3 Å². The molecule has 1 amide bonds. The van der Waals surface area contributed by atoms with E-state index in [-0.39, 0.29) is 12.0 Å². The van der Waals surface area contributed by atoms with Crippen LogP contribution in [0.4, 0.5) is 0 Å². The molecule has 4 rings (SSSR count). The Morgan fingerprint density at radius 3 is 2.79 bits per heavy atom. The fourth-order valence-corrected chi connectivity index (χ4v) is 4.74. The van der Waals surface area contributed by atoms with E-state index in [0.717, 1.165) is 42.3 Å². The van der Waals surface area contributed by atoms with E-state index in [0.29, 0.717) is 11.7 Å². The summed E-state index contributed by atoms with van der Waals surface area (Å²) in [4.78, 5) is 15.1. The molecule has 0 bridgehead atoms. The number of amides is 1. The molecule has 1 saturated carbocycles. The Balaban J connectivity index is 1.55. The number of piperidine rings is 1. The van der Waals surface area contributed by atoms with Crippen LogP contribution in [0.3, 0.4) is 0 Å². The van der Waals surface area contributed by atoms with Crippen molar-refractivity contribution in [1.29, 1.82) is 0 Å². The molecular weight excluding hydrogens is 302 g/mol. The molecule has 0 unspecified atom stereocenters. The average Bonchev–Trinajstić information content (AvgIpc) is 2.99. The van der Waals surface area contributed by atoms with Crippen LogP contribution in [0.15, 0.2) is 12.1 Å². The van der Waals surface area contributed by atoms with Crippen LogP contribution in [0.1, 0.15) is 54.9 Å². The molecule has 130 valence electrons. The van der Waals surface area contributed by atoms with E-state index in [9.17, 15) is 4.79 Å². The predicted octanol–water partition coefficient (Wildman–Crippen LogP) is 3.67. The summed E-state index contributed by atoms with van der Waals surface area (Å²) in [6.07, 6.45) is 7.50. The normalized spacial score (nSPS) is 28.8. The minimum atomic E-state index is 0.150. The van der Waals surface area contributed by atoms with E-state index in [1.54, 1.807) is 7.11 Å². The molecule has 0 radical (unpaired) electrons. The van der Waals surface area contributed by atoms with Gasteiger partial charge >= 0.3 is 0 Å². The lowest BCUT2D eigenvalue weighted by Crippen LogP contribution is -2.44. The molecule has 4 heteroatoms. The van der Waals surface area contributed by atoms with Gasteiger partial charge in [0.1, 0.15) is 6.10 Å². The van der Waals surface area contributed by atoms with E-state index in [1.807, 2.05) is 12.1 Å². The van der Waals surface area contributed by atoms with Crippen molar-refractivity contribution in [1.82, 2.24) is 4.90 Å². The molecule has 0 N–H and O–H groups in total. The van der Waals surface area contributed by atoms with Crippen molar-refractivity contribution in [2.45, 2.75) is 51.6 Å². The minimum absolute atomic E-state index is 0.150. The maximum Gasteiger partial charge on any atom is 0.254 e. The zero-order valence-corrected chi connectivity index (χ0v) is 14.7. The summed E-state index contributed by atoms with van der Waals surface area (Å²) in [5, 5.41) is 0. The highest BCUT2D eigenvalue weighted by Crippen LogP contribution is 2.40. The molecule has 0 spiro atoms. The first-order valence-electron chi connectivity index (χ1n) is 9.32. The summed E-state index contributed by atoms with van der Waals surface area (Å²) < 4.78 is 11.3. The summed E-state index contributed by atoms with van der Waals surface area (Å²) in [5.74, 6) is 3.20. The highest BCUT2D eigenvalue weighted by Gasteiger charge is 2.34. The molecule has 2 fully saturated rings. The number of nitrogens with zero attached hydrogens (tertiary/aromatic N) is 1. The highest BCUT2D eigenvalue weighted by atomic mass is 16.5. The Labute approximate surface area is 144 Å². The van der Waals surface area contributed by atoms with Crippen LogP contribution < -0.4 is 9.47 Å². The lowest BCUT2D eigenvalue weighted by Gasteiger charge is -2.41. The van der Waals surface area contributed by atoms with Crippen LogP contribution in [0.25, 0.3) is 0 Å². The fraction of sp³-hybridized carbons (Fsp3) is 0.650. The summed E-state index contributed by atoms with van der Waals surface area (Å²) in [6.45, 7) is 3.87. The Morgan fingerprint density at radius 2 is 2.00 bits per heavy atom. The number of carbonyl (C=O) groups excluding carboxylic acids is 1. The molecule has 0 aromatic heterocycles. The van der Waals surface area contributed by atoms with Gasteiger partial charge in [0.15, 0.2) is 11.5 Å². The molecule has 1 aromatic rings. The third kappa shape index (κ3) is 2.76. The largest absolute Gasteiger partial charge is 0.493 e. The zero-order valence-electron chi connectivity index (χ0n) is 14.7. The molecule has 1 aliphatic carbocycles. The predicted molar refractivity (Wildman–Crippen MR) is 92.8 cm³/mol. The van der Waals surface area contributed by atoms with Crippen molar-refractivity contribution in [2.75, 3.05) is 20.2 Å². The van der Waals surface area contributed by atoms with Crippen molar-refractivity contribution >= 4 is 5.91 Å². The van der Waals surface area contributed by atoms with Gasteiger partial charge in [-0.3, -0.25) is 4.79 Å². The summed E-state index contributed by atoms with van der Waals surface area (Å²) in [5.41, 5.74) is 1.84. The van der Waals surface area contributed by atoms with Crippen LogP contribution in [0.2, 0.25) is 0 Å². The first-order chi connectivity index (χ1) is 11.7. The molecule has 3 aliphatic rings. The van der Waals surface area contributed by atoms with Gasteiger partial charge in [0.2, 0.25) is 0 Å². The first-order valence-corrected chi connectivity index (χ1v) is 9.32. The van der Waals surface area contributed by atoms with Crippen molar-refractivity contribution in [2.24, 2.45) is 11.8 Å². The quantitative estimate of drug-likeness (QED) is 0.831. The van der Waals surface area contributed by atoms with Gasteiger partial charge in [-0.2, -0.15) is 0 Å². The Morgan fingerprint density at radius 1 is 1.21 bits per heavy atom. The third-order valence-electron chi connectivity index (χ3n) is 6.00. The van der Waals surface area contributed by atoms with E-state index in [2.05, 4.69) is 11.8 Å². The van der Waals surface area contributed by atoms with Gasteiger partial charge in [0.25, 0.3) is 5.91 Å². The lowest BCUT2D eigenvalue weighted by atomic mass is 9.75. The standard InChI is InChI=1S/C20H27NO3/c1-13-9-16-10-17(11-18(23-2)19(16)24-13)20(22)21-8-7-14-5-3-4-6-15(14)12-21/h10-11,13-15H,3-9,12H2,1-2H3/t13-,14-,15+/m0/s1. The maximum absolute atomic E-state index is 13.1. The molecule has 3 atom stereocenters. The van der Waals surface area contributed by atoms with Gasteiger partial charge in [-0.1, -0.05) is 19.3 Å². The Bertz CT molecular complexity index is 642. The van der Waals surface area contributed by atoms with Crippen LogP contribution >= 0.6 is 0 Å². The summed E-state index contributed by atoms with van der Waals surface area (Å²) in [6, 6.07) is 3.86. The van der Waals surface area contributed by atoms with Gasteiger partial charge in [0, 0.05) is 30.6 Å². The Kier molecular flexibility index (Phi) is 4.15. The number of benzene rings is 1. The van der Waals surface area contributed by atoms with Gasteiger partial charge in [-0.05, 0) is 43.7 Å². The zero-order chi connectivity index (χ0) is 16.7. The first kappa shape index (κ1) is 15.8. The topological polar surface area (TPSA) is 38.8 Å². The average molecular weight is 329 g/mol. The number of ether oxygens (including phenoxy) is 2. The molecule has 1 saturated heterocycles. The lowest BCUT2D eigenvalue weighted by molar-refractivity contribution is 0.0520. The van der Waals surface area contributed by atoms with Gasteiger partial charge in [-0.25, -0.2) is 0 Å². The van der Waals surface area contributed by atoms with Crippen LogP contribution in [-0.4, -0.2) is 37.1 Å². The van der Waals surface area contributed by atoms with Gasteiger partial charge < -0.3 is 14.4 Å². The van der Waals surface area contributed by atoms with E-state index in [1.165, 1.54) is 32.1 Å². The SMILES string of the molecule is COc1cc(C(=O)N2CC[C@@H]3CCCC[C@@H]3C2)cc2c1O[C@@H](C)C2. The molecular formula is C20H27NO3. The second-order valence-electron chi connectivity index (χ2n) is 7.64. The number of rotatable bonds is 2. The minimum Gasteiger partial charge on any atom is -0.493 e. The van der Waals surface area contributed by atoms with E-state index < -0.39 is 0 Å². The van der Waals surface area contributed by atoms with Crippen LogP contribution in [0, 0.1) is 11.8 Å². The number of methoxy groups -OCH3 is 1. The summed E-state index contributed by atoms with van der Waals surface area (Å²) in [7, 11) is 1.64. The Hall–Kier alpha value is -1.71. The third-order valence-corrected chi connectivity index (χ3v) is 6.00. The number of carbonyl (C=O) groups is 1. The number of fused-ring (bicyclic) bond motifs is 2. The molecule has 2 heterocycles. The molecule has 2 aliphatic heterocycles. The summed E-state index contributed by atoms with van der Waals surface area (Å²) >= 11 is 0. The number of hydrogen-bond acceptors (Lipinski definition) is 3. The maximum atomic E-state index is 13.1. The van der Waals surface area contributed by atoms with Crippen molar-refractivity contribution in [3.05, 3.63) is 23.3 Å². The van der Waals surface area contributed by atoms with E-state index in [4.69, 9.17) is 9.47 Å². The van der Waals surface area contributed by atoms with E-state index >= 15 is 0 Å². The second kappa shape index (κ2) is 6.30. The van der Waals surface area contributed by atoms with Crippen LogP contribution in [0.5, 0.6) is 11.5 Å². The monoisotopic (exact) mass is 329 g/mol. The van der Waals surface area contributed by atoms with Crippen molar-refractivity contribution in [3.8, 4) is 11.5 Å². The molecule has 1 aromatic carbocycles. The highest BCUT2D eigenvalue weighted by molar-refractivity contribution is 5.95. The smallest absolute Gasteiger partial charge is 0.254 e. The molecule has 4 nitrogen and oxygen atoms in total. The van der Waals surface area contributed by atoms with Gasteiger partial charge in [0.05, 0.1) is 7.11 Å². The number of hydrogen-bond donors (Lipinski definition) is 0.